The summed E-state index contributed by atoms with van der Waals surface area (Å²) in [6, 6.07) is 0. The Balaban J connectivity index is 3.27. The Labute approximate surface area is 116 Å². The number of Topliss-reactive ketones (excluding diaryl/α,β-unsaturated/α-hetero) is 1. The Morgan fingerprint density at radius 3 is 2.20 bits per heavy atom. The summed E-state index contributed by atoms with van der Waals surface area (Å²) in [4.78, 5) is 48.7. The van der Waals surface area contributed by atoms with Crippen molar-refractivity contribution in [2.24, 2.45) is 7.05 Å². The standard InChI is InChI=1S/C13H19N3O4/c1-5-15(6-2)11(18)8-16-7-10(9(3)17)12(19)14(4)13(16)20/h7H,5-6,8H2,1-4H3. The van der Waals surface area contributed by atoms with Gasteiger partial charge in [0.25, 0.3) is 5.56 Å². The van der Waals surface area contributed by atoms with Gasteiger partial charge in [0.05, 0.1) is 5.56 Å². The predicted octanol–water partition coefficient (Wildman–Crippen LogP) is -0.382. The number of carbonyl (C=O) groups is 2. The molecule has 1 aromatic heterocycles. The van der Waals surface area contributed by atoms with E-state index in [9.17, 15) is 19.2 Å². The van der Waals surface area contributed by atoms with Crippen molar-refractivity contribution in [2.45, 2.75) is 27.3 Å². The van der Waals surface area contributed by atoms with Crippen LogP contribution >= 0.6 is 0 Å². The highest BCUT2D eigenvalue weighted by molar-refractivity contribution is 5.93. The molecule has 1 heterocycles. The van der Waals surface area contributed by atoms with Gasteiger partial charge in [-0.25, -0.2) is 4.79 Å². The zero-order valence-electron chi connectivity index (χ0n) is 12.2. The monoisotopic (exact) mass is 281 g/mol. The van der Waals surface area contributed by atoms with Gasteiger partial charge in [-0.2, -0.15) is 0 Å². The van der Waals surface area contributed by atoms with Crippen molar-refractivity contribution in [3.8, 4) is 0 Å². The van der Waals surface area contributed by atoms with E-state index in [0.717, 1.165) is 15.3 Å². The highest BCUT2D eigenvalue weighted by Crippen LogP contribution is 1.95. The highest BCUT2D eigenvalue weighted by Gasteiger charge is 2.16. The van der Waals surface area contributed by atoms with E-state index in [1.165, 1.54) is 14.0 Å². The number of nitrogens with zero attached hydrogens (tertiary/aromatic N) is 3. The minimum Gasteiger partial charge on any atom is -0.342 e. The maximum absolute atomic E-state index is 12.0. The van der Waals surface area contributed by atoms with Crippen molar-refractivity contribution in [1.82, 2.24) is 14.0 Å². The van der Waals surface area contributed by atoms with Gasteiger partial charge in [0.15, 0.2) is 5.78 Å². The average molecular weight is 281 g/mol. The van der Waals surface area contributed by atoms with E-state index in [0.29, 0.717) is 13.1 Å². The Morgan fingerprint density at radius 2 is 1.75 bits per heavy atom. The number of hydrogen-bond acceptors (Lipinski definition) is 4. The van der Waals surface area contributed by atoms with Gasteiger partial charge in [0.2, 0.25) is 5.91 Å². The fraction of sp³-hybridized carbons (Fsp3) is 0.538. The first-order valence-corrected chi connectivity index (χ1v) is 6.42. The lowest BCUT2D eigenvalue weighted by Gasteiger charge is -2.19. The number of aromatic nitrogens is 2. The summed E-state index contributed by atoms with van der Waals surface area (Å²) in [5.41, 5.74) is -1.35. The second-order valence-corrected chi connectivity index (χ2v) is 4.44. The van der Waals surface area contributed by atoms with E-state index in [2.05, 4.69) is 0 Å². The molecule has 0 aliphatic carbocycles. The smallest absolute Gasteiger partial charge is 0.331 e. The highest BCUT2D eigenvalue weighted by atomic mass is 16.2. The topological polar surface area (TPSA) is 81.4 Å². The van der Waals surface area contributed by atoms with Crippen LogP contribution in [-0.2, 0) is 18.4 Å². The molecule has 110 valence electrons. The fourth-order valence-electron chi connectivity index (χ4n) is 1.90. The molecule has 7 nitrogen and oxygen atoms in total. The molecule has 7 heteroatoms. The third kappa shape index (κ3) is 3.04. The van der Waals surface area contributed by atoms with Gasteiger partial charge in [-0.15, -0.1) is 0 Å². The summed E-state index contributed by atoms with van der Waals surface area (Å²) in [6.45, 7) is 5.81. The van der Waals surface area contributed by atoms with Crippen LogP contribution in [0.2, 0.25) is 0 Å². The Hall–Kier alpha value is -2.18. The van der Waals surface area contributed by atoms with E-state index >= 15 is 0 Å². The number of hydrogen-bond donors (Lipinski definition) is 0. The molecule has 1 aromatic rings. The third-order valence-corrected chi connectivity index (χ3v) is 3.15. The summed E-state index contributed by atoms with van der Waals surface area (Å²) in [5, 5.41) is 0. The largest absolute Gasteiger partial charge is 0.342 e. The van der Waals surface area contributed by atoms with Crippen LogP contribution < -0.4 is 11.2 Å². The van der Waals surface area contributed by atoms with Crippen LogP contribution in [0.3, 0.4) is 0 Å². The molecule has 0 fully saturated rings. The first-order valence-electron chi connectivity index (χ1n) is 6.42. The zero-order valence-corrected chi connectivity index (χ0v) is 12.2. The van der Waals surface area contributed by atoms with Crippen LogP contribution in [0.4, 0.5) is 0 Å². The maximum Gasteiger partial charge on any atom is 0.331 e. The lowest BCUT2D eigenvalue weighted by atomic mass is 10.2. The first kappa shape index (κ1) is 15.9. The summed E-state index contributed by atoms with van der Waals surface area (Å²) in [5.74, 6) is -0.667. The molecule has 0 aliphatic heterocycles. The molecule has 0 atom stereocenters. The molecule has 0 saturated carbocycles. The third-order valence-electron chi connectivity index (χ3n) is 3.15. The van der Waals surface area contributed by atoms with E-state index in [4.69, 9.17) is 0 Å². The lowest BCUT2D eigenvalue weighted by Crippen LogP contribution is -2.43. The summed E-state index contributed by atoms with van der Waals surface area (Å²) >= 11 is 0. The normalized spacial score (nSPS) is 10.4. The van der Waals surface area contributed by atoms with Gasteiger partial charge in [0, 0.05) is 26.3 Å². The molecule has 0 unspecified atom stereocenters. The predicted molar refractivity (Wildman–Crippen MR) is 73.9 cm³/mol. The van der Waals surface area contributed by atoms with E-state index in [1.54, 1.807) is 4.90 Å². The lowest BCUT2D eigenvalue weighted by molar-refractivity contribution is -0.131. The number of carbonyl (C=O) groups excluding carboxylic acids is 2. The van der Waals surface area contributed by atoms with E-state index in [-0.39, 0.29) is 18.0 Å². The number of ketones is 1. The van der Waals surface area contributed by atoms with Crippen molar-refractivity contribution in [3.63, 3.8) is 0 Å². The molecule has 1 amide bonds. The van der Waals surface area contributed by atoms with Gasteiger partial charge in [-0.3, -0.25) is 23.5 Å². The fourth-order valence-corrected chi connectivity index (χ4v) is 1.90. The van der Waals surface area contributed by atoms with Crippen LogP contribution in [0.5, 0.6) is 0 Å². The van der Waals surface area contributed by atoms with Gasteiger partial charge >= 0.3 is 5.69 Å². The van der Waals surface area contributed by atoms with Crippen LogP contribution in [0.15, 0.2) is 15.8 Å². The molecule has 0 aliphatic rings. The quantitative estimate of drug-likeness (QED) is 0.689. The zero-order chi connectivity index (χ0) is 15.4. The average Bonchev–Trinajstić information content (AvgIpc) is 2.40. The second-order valence-electron chi connectivity index (χ2n) is 4.44. The molecule has 0 radical (unpaired) electrons. The minimum atomic E-state index is -0.644. The van der Waals surface area contributed by atoms with Crippen molar-refractivity contribution < 1.29 is 9.59 Å². The number of amides is 1. The minimum absolute atomic E-state index is 0.0977. The van der Waals surface area contributed by atoms with E-state index in [1.807, 2.05) is 13.8 Å². The van der Waals surface area contributed by atoms with Crippen LogP contribution in [0.25, 0.3) is 0 Å². The van der Waals surface area contributed by atoms with E-state index < -0.39 is 17.0 Å². The molecule has 0 N–H and O–H groups in total. The molecular formula is C13H19N3O4. The maximum atomic E-state index is 12.0. The molecule has 0 bridgehead atoms. The number of rotatable bonds is 5. The molecule has 0 saturated heterocycles. The van der Waals surface area contributed by atoms with Crippen LogP contribution in [-0.4, -0.2) is 38.8 Å². The van der Waals surface area contributed by atoms with Crippen molar-refractivity contribution >= 4 is 11.7 Å². The molecule has 20 heavy (non-hydrogen) atoms. The van der Waals surface area contributed by atoms with Gasteiger partial charge < -0.3 is 4.90 Å². The van der Waals surface area contributed by atoms with Crippen molar-refractivity contribution in [2.75, 3.05) is 13.1 Å². The molecule has 0 aromatic carbocycles. The Kier molecular flexibility index (Phi) is 5.01. The summed E-state index contributed by atoms with van der Waals surface area (Å²) in [7, 11) is 1.29. The summed E-state index contributed by atoms with van der Waals surface area (Å²) in [6.07, 6.45) is 1.16. The SMILES string of the molecule is CCN(CC)C(=O)Cn1cc(C(C)=O)c(=O)n(C)c1=O. The number of likely N-dealkylation sites (N-methyl/N-ethyl adjacent to an activating group) is 1. The Bertz CT molecular complexity index is 638. The van der Waals surface area contributed by atoms with Gasteiger partial charge in [0.1, 0.15) is 6.54 Å². The molecule has 0 spiro atoms. The molecule has 1 rings (SSSR count). The van der Waals surface area contributed by atoms with Crippen molar-refractivity contribution in [3.05, 3.63) is 32.6 Å². The first-order chi connectivity index (χ1) is 9.33. The second kappa shape index (κ2) is 6.31. The van der Waals surface area contributed by atoms with Gasteiger partial charge in [-0.05, 0) is 20.8 Å². The summed E-state index contributed by atoms with van der Waals surface area (Å²) < 4.78 is 1.94. The van der Waals surface area contributed by atoms with Gasteiger partial charge in [-0.1, -0.05) is 0 Å². The van der Waals surface area contributed by atoms with Crippen LogP contribution in [0, 0.1) is 0 Å². The van der Waals surface area contributed by atoms with Crippen molar-refractivity contribution in [1.29, 1.82) is 0 Å². The Morgan fingerprint density at radius 1 is 1.20 bits per heavy atom. The molecular weight excluding hydrogens is 262 g/mol. The van der Waals surface area contributed by atoms with Crippen LogP contribution in [0.1, 0.15) is 31.1 Å².